The molecule has 1 unspecified atom stereocenters. The zero-order chi connectivity index (χ0) is 17.5. The number of ether oxygens (including phenoxy) is 2. The van der Waals surface area contributed by atoms with Crippen molar-refractivity contribution in [1.29, 1.82) is 0 Å². The lowest BCUT2D eigenvalue weighted by Crippen LogP contribution is -2.48. The predicted molar refractivity (Wildman–Crippen MR) is 98.9 cm³/mol. The van der Waals surface area contributed by atoms with Gasteiger partial charge in [0.1, 0.15) is 19.0 Å². The summed E-state index contributed by atoms with van der Waals surface area (Å²) in [6.45, 7) is 6.24. The van der Waals surface area contributed by atoms with Gasteiger partial charge in [-0.25, -0.2) is 4.39 Å². The number of fused-ring (bicyclic) bond motifs is 2. The Bertz CT molecular complexity index is 818. The Hall–Kier alpha value is -2.27. The lowest BCUT2D eigenvalue weighted by molar-refractivity contribution is 0.171. The lowest BCUT2D eigenvalue weighted by Gasteiger charge is -2.40. The summed E-state index contributed by atoms with van der Waals surface area (Å²) < 4.78 is 25.3. The summed E-state index contributed by atoms with van der Waals surface area (Å²) in [5, 5.41) is 0. The molecule has 0 aromatic heterocycles. The molecule has 2 heterocycles. The van der Waals surface area contributed by atoms with Gasteiger partial charge in [0, 0.05) is 38.6 Å². The summed E-state index contributed by atoms with van der Waals surface area (Å²) in [4.78, 5) is 4.89. The molecule has 1 fully saturated rings. The van der Waals surface area contributed by atoms with E-state index in [1.54, 1.807) is 6.07 Å². The first-order valence-corrected chi connectivity index (χ1v) is 9.43. The number of piperazine rings is 1. The number of rotatable bonds is 3. The van der Waals surface area contributed by atoms with Gasteiger partial charge in [-0.1, -0.05) is 18.2 Å². The van der Waals surface area contributed by atoms with E-state index in [0.29, 0.717) is 19.1 Å². The van der Waals surface area contributed by atoms with Crippen LogP contribution in [0.4, 0.5) is 10.1 Å². The van der Waals surface area contributed by atoms with E-state index in [0.717, 1.165) is 61.9 Å². The molecule has 0 saturated carbocycles. The summed E-state index contributed by atoms with van der Waals surface area (Å²) in [5.41, 5.74) is 3.26. The van der Waals surface area contributed by atoms with Crippen LogP contribution in [0.1, 0.15) is 17.0 Å². The van der Waals surface area contributed by atoms with Crippen LogP contribution in [0.15, 0.2) is 36.4 Å². The van der Waals surface area contributed by atoms with E-state index in [-0.39, 0.29) is 5.82 Å². The maximum atomic E-state index is 13.7. The Morgan fingerprint density at radius 1 is 0.962 bits per heavy atom. The third-order valence-corrected chi connectivity index (χ3v) is 5.78. The van der Waals surface area contributed by atoms with Crippen molar-refractivity contribution in [2.75, 3.05) is 50.8 Å². The first kappa shape index (κ1) is 15.9. The first-order valence-electron chi connectivity index (χ1n) is 9.43. The summed E-state index contributed by atoms with van der Waals surface area (Å²) in [7, 11) is 0. The van der Waals surface area contributed by atoms with Crippen LogP contribution in [0, 0.1) is 5.82 Å². The number of halogens is 1. The van der Waals surface area contributed by atoms with Gasteiger partial charge in [-0.3, -0.25) is 4.90 Å². The molecule has 26 heavy (non-hydrogen) atoms. The molecule has 0 bridgehead atoms. The van der Waals surface area contributed by atoms with E-state index in [1.165, 1.54) is 5.56 Å². The fourth-order valence-corrected chi connectivity index (χ4v) is 4.35. The fraction of sp³-hybridized carbons (Fsp3) is 0.429. The average molecular weight is 354 g/mol. The summed E-state index contributed by atoms with van der Waals surface area (Å²) in [5.74, 6) is 2.17. The van der Waals surface area contributed by atoms with E-state index in [4.69, 9.17) is 9.47 Å². The highest BCUT2D eigenvalue weighted by atomic mass is 19.1. The first-order chi connectivity index (χ1) is 12.8. The molecule has 0 N–H and O–H groups in total. The average Bonchev–Trinajstić information content (AvgIpc) is 2.67. The molecule has 1 aliphatic carbocycles. The van der Waals surface area contributed by atoms with Crippen molar-refractivity contribution < 1.29 is 13.9 Å². The highest BCUT2D eigenvalue weighted by Gasteiger charge is 2.31. The van der Waals surface area contributed by atoms with Crippen molar-refractivity contribution in [3.05, 3.63) is 53.3 Å². The lowest BCUT2D eigenvalue weighted by atomic mass is 9.77. The Kier molecular flexibility index (Phi) is 3.97. The van der Waals surface area contributed by atoms with E-state index in [9.17, 15) is 4.39 Å². The van der Waals surface area contributed by atoms with Crippen LogP contribution in [0.25, 0.3) is 0 Å². The van der Waals surface area contributed by atoms with Crippen LogP contribution in [-0.2, 0) is 6.42 Å². The minimum Gasteiger partial charge on any atom is -0.486 e. The van der Waals surface area contributed by atoms with Gasteiger partial charge in [0.15, 0.2) is 11.5 Å². The molecule has 1 atom stereocenters. The van der Waals surface area contributed by atoms with Gasteiger partial charge in [0.25, 0.3) is 0 Å². The predicted octanol–water partition coefficient (Wildman–Crippen LogP) is 3.06. The van der Waals surface area contributed by atoms with Gasteiger partial charge < -0.3 is 14.4 Å². The van der Waals surface area contributed by atoms with Gasteiger partial charge >= 0.3 is 0 Å². The number of nitrogens with zero attached hydrogens (tertiary/aromatic N) is 2. The summed E-state index contributed by atoms with van der Waals surface area (Å²) in [6.07, 6.45) is 0.875. The van der Waals surface area contributed by atoms with Crippen molar-refractivity contribution in [3.63, 3.8) is 0 Å². The van der Waals surface area contributed by atoms with Gasteiger partial charge in [-0.2, -0.15) is 0 Å². The molecule has 0 radical (unpaired) electrons. The zero-order valence-electron chi connectivity index (χ0n) is 14.8. The number of para-hydroxylation sites is 1. The molecule has 4 nitrogen and oxygen atoms in total. The van der Waals surface area contributed by atoms with Crippen LogP contribution < -0.4 is 14.4 Å². The maximum absolute atomic E-state index is 13.7. The minimum atomic E-state index is -0.0420. The van der Waals surface area contributed by atoms with Gasteiger partial charge in [0.2, 0.25) is 0 Å². The van der Waals surface area contributed by atoms with Crippen molar-refractivity contribution in [3.8, 4) is 11.5 Å². The van der Waals surface area contributed by atoms with Crippen LogP contribution in [0.3, 0.4) is 0 Å². The molecule has 2 aromatic carbocycles. The van der Waals surface area contributed by atoms with Crippen LogP contribution in [0.2, 0.25) is 0 Å². The minimum absolute atomic E-state index is 0.0420. The second-order valence-electron chi connectivity index (χ2n) is 7.30. The normalized spacial score (nSPS) is 21.9. The number of hydrogen-bond acceptors (Lipinski definition) is 4. The van der Waals surface area contributed by atoms with E-state index < -0.39 is 0 Å². The van der Waals surface area contributed by atoms with Gasteiger partial charge in [-0.15, -0.1) is 0 Å². The molecule has 0 amide bonds. The molecule has 2 aromatic rings. The van der Waals surface area contributed by atoms with E-state index in [2.05, 4.69) is 21.9 Å². The summed E-state index contributed by atoms with van der Waals surface area (Å²) >= 11 is 0. The monoisotopic (exact) mass is 354 g/mol. The third kappa shape index (κ3) is 2.71. The van der Waals surface area contributed by atoms with Gasteiger partial charge in [-0.05, 0) is 35.7 Å². The van der Waals surface area contributed by atoms with Crippen molar-refractivity contribution in [2.24, 2.45) is 0 Å². The van der Waals surface area contributed by atoms with Crippen LogP contribution >= 0.6 is 0 Å². The molecule has 5 heteroatoms. The summed E-state index contributed by atoms with van der Waals surface area (Å²) in [6, 6.07) is 11.6. The zero-order valence-corrected chi connectivity index (χ0v) is 14.8. The topological polar surface area (TPSA) is 24.9 Å². The van der Waals surface area contributed by atoms with Crippen molar-refractivity contribution >= 4 is 5.69 Å². The molecular formula is C21H23FN2O2. The SMILES string of the molecule is Fc1cccc2c1CC2CN1CCN(c2cccc3c2OCCO3)CC1. The third-order valence-electron chi connectivity index (χ3n) is 5.78. The van der Waals surface area contributed by atoms with E-state index in [1.807, 2.05) is 18.2 Å². The quantitative estimate of drug-likeness (QED) is 0.846. The molecule has 5 rings (SSSR count). The highest BCUT2D eigenvalue weighted by molar-refractivity contribution is 5.65. The Labute approximate surface area is 153 Å². The molecule has 136 valence electrons. The Balaban J connectivity index is 1.22. The Morgan fingerprint density at radius 2 is 1.77 bits per heavy atom. The second kappa shape index (κ2) is 6.47. The molecular weight excluding hydrogens is 331 g/mol. The highest BCUT2D eigenvalue weighted by Crippen LogP contribution is 2.40. The van der Waals surface area contributed by atoms with Crippen molar-refractivity contribution in [2.45, 2.75) is 12.3 Å². The van der Waals surface area contributed by atoms with Crippen LogP contribution in [0.5, 0.6) is 11.5 Å². The van der Waals surface area contributed by atoms with Gasteiger partial charge in [0.05, 0.1) is 5.69 Å². The number of hydrogen-bond donors (Lipinski definition) is 0. The molecule has 2 aliphatic heterocycles. The van der Waals surface area contributed by atoms with Crippen molar-refractivity contribution in [1.82, 2.24) is 4.90 Å². The van der Waals surface area contributed by atoms with E-state index >= 15 is 0 Å². The second-order valence-corrected chi connectivity index (χ2v) is 7.30. The molecule has 0 spiro atoms. The fourth-order valence-electron chi connectivity index (χ4n) is 4.35. The number of anilines is 1. The Morgan fingerprint density at radius 3 is 2.65 bits per heavy atom. The van der Waals surface area contributed by atoms with Crippen LogP contribution in [-0.4, -0.2) is 50.8 Å². The largest absolute Gasteiger partial charge is 0.486 e. The molecule has 3 aliphatic rings. The smallest absolute Gasteiger partial charge is 0.184 e. The standard InChI is InChI=1S/C21H23FN2O2/c22-18-4-1-3-16-15(13-17(16)18)14-23-7-9-24(10-8-23)19-5-2-6-20-21(19)26-12-11-25-20/h1-6,15H,7-14H2. The number of benzene rings is 2. The molecule has 1 saturated heterocycles. The maximum Gasteiger partial charge on any atom is 0.184 e.